The van der Waals surface area contributed by atoms with Gasteiger partial charge in [0.1, 0.15) is 17.3 Å². The van der Waals surface area contributed by atoms with Crippen molar-refractivity contribution in [1.29, 1.82) is 0 Å². The Kier molecular flexibility index (Phi) is 7.29. The van der Waals surface area contributed by atoms with Crippen LogP contribution in [0.4, 0.5) is 9.59 Å². The Morgan fingerprint density at radius 3 is 2.00 bits per heavy atom. The molecule has 0 aliphatic carbocycles. The Morgan fingerprint density at radius 2 is 1.52 bits per heavy atom. The molecular formula is C18H26BrNO5. The zero-order valence-electron chi connectivity index (χ0n) is 15.5. The Morgan fingerprint density at radius 1 is 1.00 bits per heavy atom. The average molecular weight is 416 g/mol. The minimum atomic E-state index is -0.800. The number of hydrogen-bond acceptors (Lipinski definition) is 5. The van der Waals surface area contributed by atoms with E-state index >= 15 is 0 Å². The van der Waals surface area contributed by atoms with Crippen molar-refractivity contribution in [3.63, 3.8) is 0 Å². The van der Waals surface area contributed by atoms with Gasteiger partial charge in [0.25, 0.3) is 0 Å². The van der Waals surface area contributed by atoms with Gasteiger partial charge in [0, 0.05) is 4.47 Å². The molecule has 1 N–H and O–H groups in total. The number of amides is 1. The minimum absolute atomic E-state index is 0.0653. The maximum absolute atomic E-state index is 12.0. The quantitative estimate of drug-likeness (QED) is 0.702. The van der Waals surface area contributed by atoms with E-state index in [0.29, 0.717) is 0 Å². The van der Waals surface area contributed by atoms with E-state index in [0.717, 1.165) is 10.0 Å². The summed E-state index contributed by atoms with van der Waals surface area (Å²) in [6, 6.07) is 7.26. The fourth-order valence-electron chi connectivity index (χ4n) is 1.79. The first kappa shape index (κ1) is 21.3. The van der Waals surface area contributed by atoms with Gasteiger partial charge in [0.05, 0.1) is 6.54 Å². The van der Waals surface area contributed by atoms with E-state index in [1.54, 1.807) is 53.7 Å². The van der Waals surface area contributed by atoms with E-state index in [2.05, 4.69) is 21.2 Å². The van der Waals surface area contributed by atoms with Crippen molar-refractivity contribution in [2.24, 2.45) is 0 Å². The standard InChI is InChI=1S/C18H26BrNO5/c1-17(2,3)24-15(21)20-11-14(12-7-9-13(19)10-8-12)23-16(22)25-18(4,5)6/h7-10,14H,11H2,1-6H3,(H,20,21). The van der Waals surface area contributed by atoms with Crippen molar-refractivity contribution < 1.29 is 23.8 Å². The molecule has 0 aliphatic rings. The fourth-order valence-corrected chi connectivity index (χ4v) is 2.05. The number of carbonyl (C=O) groups excluding carboxylic acids is 2. The number of hydrogen-bond donors (Lipinski definition) is 1. The summed E-state index contributed by atoms with van der Waals surface area (Å²) in [5, 5.41) is 2.61. The van der Waals surface area contributed by atoms with E-state index in [4.69, 9.17) is 14.2 Å². The van der Waals surface area contributed by atoms with Crippen molar-refractivity contribution in [3.8, 4) is 0 Å². The van der Waals surface area contributed by atoms with Gasteiger partial charge in [-0.05, 0) is 59.2 Å². The number of nitrogens with one attached hydrogen (secondary N) is 1. The molecule has 0 aliphatic heterocycles. The number of halogens is 1. The van der Waals surface area contributed by atoms with E-state index in [1.807, 2.05) is 12.1 Å². The van der Waals surface area contributed by atoms with Crippen LogP contribution in [-0.4, -0.2) is 30.0 Å². The molecule has 0 heterocycles. The molecule has 7 heteroatoms. The molecule has 0 saturated carbocycles. The molecule has 1 unspecified atom stereocenters. The SMILES string of the molecule is CC(C)(C)OC(=O)NCC(OC(=O)OC(C)(C)C)c1ccc(Br)cc1. The topological polar surface area (TPSA) is 73.9 Å². The van der Waals surface area contributed by atoms with Gasteiger partial charge in [0.15, 0.2) is 0 Å². The zero-order valence-corrected chi connectivity index (χ0v) is 17.1. The third-order valence-corrected chi connectivity index (χ3v) is 3.23. The van der Waals surface area contributed by atoms with Crippen LogP contribution >= 0.6 is 15.9 Å². The number of benzene rings is 1. The van der Waals surface area contributed by atoms with Gasteiger partial charge < -0.3 is 19.5 Å². The summed E-state index contributed by atoms with van der Waals surface area (Å²) < 4.78 is 16.7. The van der Waals surface area contributed by atoms with Crippen LogP contribution in [0.1, 0.15) is 53.2 Å². The van der Waals surface area contributed by atoms with Crippen molar-refractivity contribution >= 4 is 28.2 Å². The van der Waals surface area contributed by atoms with Crippen LogP contribution in [-0.2, 0) is 14.2 Å². The largest absolute Gasteiger partial charge is 0.509 e. The van der Waals surface area contributed by atoms with Crippen molar-refractivity contribution in [3.05, 3.63) is 34.3 Å². The molecular weight excluding hydrogens is 390 g/mol. The van der Waals surface area contributed by atoms with Crippen LogP contribution in [0.5, 0.6) is 0 Å². The molecule has 0 radical (unpaired) electrons. The third-order valence-electron chi connectivity index (χ3n) is 2.70. The predicted molar refractivity (Wildman–Crippen MR) is 98.4 cm³/mol. The molecule has 1 aromatic carbocycles. The predicted octanol–water partition coefficient (Wildman–Crippen LogP) is 4.97. The molecule has 1 rings (SSSR count). The first-order valence-corrected chi connectivity index (χ1v) is 8.77. The maximum atomic E-state index is 12.0. The van der Waals surface area contributed by atoms with Crippen LogP contribution < -0.4 is 5.32 Å². The maximum Gasteiger partial charge on any atom is 0.509 e. The summed E-state index contributed by atoms with van der Waals surface area (Å²) in [5.74, 6) is 0. The van der Waals surface area contributed by atoms with Crippen molar-refractivity contribution in [2.75, 3.05) is 6.54 Å². The van der Waals surface area contributed by atoms with Crippen molar-refractivity contribution in [1.82, 2.24) is 5.32 Å². The molecule has 140 valence electrons. The van der Waals surface area contributed by atoms with E-state index in [1.165, 1.54) is 0 Å². The van der Waals surface area contributed by atoms with Crippen LogP contribution in [0.15, 0.2) is 28.7 Å². The van der Waals surface area contributed by atoms with Gasteiger partial charge in [-0.3, -0.25) is 0 Å². The summed E-state index contributed by atoms with van der Waals surface area (Å²) in [5.41, 5.74) is -0.548. The summed E-state index contributed by atoms with van der Waals surface area (Å²) in [4.78, 5) is 23.8. The third kappa shape index (κ3) is 9.34. The number of alkyl carbamates (subject to hydrolysis) is 1. The lowest BCUT2D eigenvalue weighted by molar-refractivity contribution is -0.0281. The normalized spacial score (nSPS) is 12.9. The number of carbonyl (C=O) groups is 2. The van der Waals surface area contributed by atoms with Crippen LogP contribution in [0.25, 0.3) is 0 Å². The Balaban J connectivity index is 2.79. The number of ether oxygens (including phenoxy) is 3. The number of rotatable bonds is 4. The van der Waals surface area contributed by atoms with Gasteiger partial charge in [0.2, 0.25) is 0 Å². The van der Waals surface area contributed by atoms with Crippen molar-refractivity contribution in [2.45, 2.75) is 58.8 Å². The highest BCUT2D eigenvalue weighted by molar-refractivity contribution is 9.10. The lowest BCUT2D eigenvalue weighted by Crippen LogP contribution is -2.36. The smallest absolute Gasteiger partial charge is 0.444 e. The highest BCUT2D eigenvalue weighted by Gasteiger charge is 2.24. The summed E-state index contributed by atoms with van der Waals surface area (Å²) >= 11 is 3.36. The molecule has 0 fully saturated rings. The molecule has 0 aromatic heterocycles. The average Bonchev–Trinajstić information content (AvgIpc) is 2.40. The second-order valence-corrected chi connectivity index (χ2v) is 8.42. The highest BCUT2D eigenvalue weighted by atomic mass is 79.9. The second kappa shape index (κ2) is 8.56. The lowest BCUT2D eigenvalue weighted by Gasteiger charge is -2.24. The highest BCUT2D eigenvalue weighted by Crippen LogP contribution is 2.22. The summed E-state index contributed by atoms with van der Waals surface area (Å²) in [6.07, 6.45) is -2.08. The molecule has 6 nitrogen and oxygen atoms in total. The Hall–Kier alpha value is -1.76. The Labute approximate surface area is 157 Å². The summed E-state index contributed by atoms with van der Waals surface area (Å²) in [6.45, 7) is 10.6. The van der Waals surface area contributed by atoms with Gasteiger partial charge >= 0.3 is 12.2 Å². The van der Waals surface area contributed by atoms with Gasteiger partial charge in [-0.2, -0.15) is 0 Å². The molecule has 0 saturated heterocycles. The van der Waals surface area contributed by atoms with Crippen LogP contribution in [0.2, 0.25) is 0 Å². The van der Waals surface area contributed by atoms with E-state index in [9.17, 15) is 9.59 Å². The first-order chi connectivity index (χ1) is 11.4. The van der Waals surface area contributed by atoms with Gasteiger partial charge in [-0.25, -0.2) is 9.59 Å². The fraction of sp³-hybridized carbons (Fsp3) is 0.556. The molecule has 0 spiro atoms. The summed E-state index contributed by atoms with van der Waals surface area (Å²) in [7, 11) is 0. The zero-order chi connectivity index (χ0) is 19.3. The van der Waals surface area contributed by atoms with Crippen LogP contribution in [0, 0.1) is 0 Å². The molecule has 0 bridgehead atoms. The molecule has 1 aromatic rings. The van der Waals surface area contributed by atoms with Crippen LogP contribution in [0.3, 0.4) is 0 Å². The lowest BCUT2D eigenvalue weighted by atomic mass is 10.1. The second-order valence-electron chi connectivity index (χ2n) is 7.51. The Bertz CT molecular complexity index is 587. The van der Waals surface area contributed by atoms with Gasteiger partial charge in [-0.15, -0.1) is 0 Å². The van der Waals surface area contributed by atoms with Gasteiger partial charge in [-0.1, -0.05) is 28.1 Å². The molecule has 1 amide bonds. The van der Waals surface area contributed by atoms with E-state index < -0.39 is 29.6 Å². The molecule has 1 atom stereocenters. The molecule has 25 heavy (non-hydrogen) atoms. The van der Waals surface area contributed by atoms with E-state index in [-0.39, 0.29) is 6.54 Å². The minimum Gasteiger partial charge on any atom is -0.444 e. The monoisotopic (exact) mass is 415 g/mol. The first-order valence-electron chi connectivity index (χ1n) is 7.98.